The Morgan fingerprint density at radius 2 is 1.80 bits per heavy atom. The molecule has 0 spiro atoms. The molecule has 2 unspecified atom stereocenters. The molecular weight excluding hydrogens is 250 g/mol. The smallest absolute Gasteiger partial charge is 0.320 e. The third-order valence-corrected chi connectivity index (χ3v) is 4.07. The van der Waals surface area contributed by atoms with E-state index in [1.807, 2.05) is 6.92 Å². The van der Waals surface area contributed by atoms with Crippen LogP contribution < -0.4 is 5.32 Å². The fourth-order valence-electron chi connectivity index (χ4n) is 2.48. The minimum Gasteiger partial charge on any atom is -0.480 e. The molecule has 1 fully saturated rings. The van der Waals surface area contributed by atoms with E-state index in [-0.39, 0.29) is 11.5 Å². The maximum atomic E-state index is 11.3. The lowest BCUT2D eigenvalue weighted by atomic mass is 9.86. The Kier molecular flexibility index (Phi) is 4.19. The molecule has 2 rings (SSSR count). The number of hydrogen-bond acceptors (Lipinski definition) is 2. The van der Waals surface area contributed by atoms with Crippen LogP contribution in [0.2, 0.25) is 0 Å². The van der Waals surface area contributed by atoms with Crippen molar-refractivity contribution in [2.24, 2.45) is 5.92 Å². The fraction of sp³-hybridized carbons (Fsp3) is 0.588. The van der Waals surface area contributed by atoms with Crippen molar-refractivity contribution < 1.29 is 9.90 Å². The van der Waals surface area contributed by atoms with Gasteiger partial charge in [0, 0.05) is 6.04 Å². The van der Waals surface area contributed by atoms with Crippen molar-refractivity contribution in [2.45, 2.75) is 58.0 Å². The molecular formula is C17H25NO2. The number of hydrogen-bond donors (Lipinski definition) is 2. The van der Waals surface area contributed by atoms with Crippen LogP contribution in [-0.4, -0.2) is 17.1 Å². The molecule has 1 saturated carbocycles. The summed E-state index contributed by atoms with van der Waals surface area (Å²) in [6.45, 7) is 8.61. The lowest BCUT2D eigenvalue weighted by Crippen LogP contribution is -2.40. The van der Waals surface area contributed by atoms with Gasteiger partial charge >= 0.3 is 5.97 Å². The molecule has 110 valence electrons. The van der Waals surface area contributed by atoms with Gasteiger partial charge in [-0.1, -0.05) is 45.0 Å². The van der Waals surface area contributed by atoms with Crippen LogP contribution in [0.5, 0.6) is 0 Å². The van der Waals surface area contributed by atoms with E-state index in [1.54, 1.807) is 0 Å². The van der Waals surface area contributed by atoms with Crippen LogP contribution in [0.25, 0.3) is 0 Å². The Morgan fingerprint density at radius 3 is 2.20 bits per heavy atom. The first kappa shape index (κ1) is 15.0. The van der Waals surface area contributed by atoms with Gasteiger partial charge in [0.2, 0.25) is 0 Å². The van der Waals surface area contributed by atoms with Gasteiger partial charge in [-0.05, 0) is 42.2 Å². The third-order valence-electron chi connectivity index (χ3n) is 4.07. The van der Waals surface area contributed by atoms with Crippen LogP contribution in [0.4, 0.5) is 0 Å². The Hall–Kier alpha value is -1.35. The largest absolute Gasteiger partial charge is 0.480 e. The predicted molar refractivity (Wildman–Crippen MR) is 80.8 cm³/mol. The molecule has 2 atom stereocenters. The highest BCUT2D eigenvalue weighted by Crippen LogP contribution is 2.34. The summed E-state index contributed by atoms with van der Waals surface area (Å²) in [7, 11) is 0. The molecule has 20 heavy (non-hydrogen) atoms. The predicted octanol–water partition coefficient (Wildman–Crippen LogP) is 3.50. The summed E-state index contributed by atoms with van der Waals surface area (Å²) < 4.78 is 0. The molecule has 0 radical (unpaired) electrons. The number of carboxylic acids is 1. The number of rotatable bonds is 5. The molecule has 1 aromatic carbocycles. The average molecular weight is 275 g/mol. The highest BCUT2D eigenvalue weighted by molar-refractivity contribution is 5.74. The van der Waals surface area contributed by atoms with Gasteiger partial charge in [0.1, 0.15) is 6.04 Å². The van der Waals surface area contributed by atoms with Gasteiger partial charge in [0.05, 0.1) is 0 Å². The van der Waals surface area contributed by atoms with Crippen LogP contribution in [0.1, 0.15) is 57.7 Å². The summed E-state index contributed by atoms with van der Waals surface area (Å²) in [5.41, 5.74) is 2.59. The first-order valence-corrected chi connectivity index (χ1v) is 7.38. The van der Waals surface area contributed by atoms with E-state index >= 15 is 0 Å². The Balaban J connectivity index is 2.05. The van der Waals surface area contributed by atoms with Crippen molar-refractivity contribution in [1.82, 2.24) is 5.32 Å². The SMILES string of the molecule is CC(NC(C(=O)O)C1CC1)c1ccc(C(C)(C)C)cc1. The van der Waals surface area contributed by atoms with E-state index in [4.69, 9.17) is 0 Å². The zero-order valence-corrected chi connectivity index (χ0v) is 12.8. The van der Waals surface area contributed by atoms with E-state index in [9.17, 15) is 9.90 Å². The second kappa shape index (κ2) is 5.57. The molecule has 0 heterocycles. The molecule has 1 aromatic rings. The molecule has 0 bridgehead atoms. The lowest BCUT2D eigenvalue weighted by molar-refractivity contribution is -0.140. The fourth-order valence-corrected chi connectivity index (χ4v) is 2.48. The minimum absolute atomic E-state index is 0.0609. The third kappa shape index (κ3) is 3.60. The summed E-state index contributed by atoms with van der Waals surface area (Å²) >= 11 is 0. The normalized spacial score (nSPS) is 18.6. The van der Waals surface area contributed by atoms with Crippen molar-refractivity contribution in [3.63, 3.8) is 0 Å². The van der Waals surface area contributed by atoms with E-state index in [0.717, 1.165) is 18.4 Å². The number of carbonyl (C=O) groups is 1. The first-order valence-electron chi connectivity index (χ1n) is 7.38. The maximum Gasteiger partial charge on any atom is 0.320 e. The molecule has 0 saturated heterocycles. The van der Waals surface area contributed by atoms with Gasteiger partial charge in [0.25, 0.3) is 0 Å². The van der Waals surface area contributed by atoms with Gasteiger partial charge in [-0.15, -0.1) is 0 Å². The van der Waals surface area contributed by atoms with Gasteiger partial charge in [0.15, 0.2) is 0 Å². The second-order valence-electron chi connectivity index (χ2n) is 6.91. The van der Waals surface area contributed by atoms with Gasteiger partial charge in [-0.2, -0.15) is 0 Å². The summed E-state index contributed by atoms with van der Waals surface area (Å²) in [5, 5.41) is 12.5. The van der Waals surface area contributed by atoms with Crippen molar-refractivity contribution in [1.29, 1.82) is 0 Å². The number of carboxylic acid groups (broad SMARTS) is 1. The zero-order chi connectivity index (χ0) is 14.9. The number of benzene rings is 1. The maximum absolute atomic E-state index is 11.3. The molecule has 0 amide bonds. The van der Waals surface area contributed by atoms with E-state index < -0.39 is 12.0 Å². The molecule has 1 aliphatic carbocycles. The van der Waals surface area contributed by atoms with Crippen molar-refractivity contribution in [2.75, 3.05) is 0 Å². The quantitative estimate of drug-likeness (QED) is 0.864. The van der Waals surface area contributed by atoms with Gasteiger partial charge < -0.3 is 5.11 Å². The highest BCUT2D eigenvalue weighted by Gasteiger charge is 2.36. The zero-order valence-electron chi connectivity index (χ0n) is 12.8. The Morgan fingerprint density at radius 1 is 1.25 bits per heavy atom. The Labute approximate surface area is 121 Å². The van der Waals surface area contributed by atoms with Crippen molar-refractivity contribution in [3.05, 3.63) is 35.4 Å². The van der Waals surface area contributed by atoms with Crippen molar-refractivity contribution >= 4 is 5.97 Å². The average Bonchev–Trinajstić information content (AvgIpc) is 3.18. The van der Waals surface area contributed by atoms with E-state index in [0.29, 0.717) is 5.92 Å². The van der Waals surface area contributed by atoms with Crippen LogP contribution in [0.3, 0.4) is 0 Å². The molecule has 0 aromatic heterocycles. The van der Waals surface area contributed by atoms with Crippen LogP contribution >= 0.6 is 0 Å². The molecule has 0 aliphatic heterocycles. The van der Waals surface area contributed by atoms with Gasteiger partial charge in [-0.3, -0.25) is 10.1 Å². The van der Waals surface area contributed by atoms with Crippen LogP contribution in [0, 0.1) is 5.92 Å². The first-order chi connectivity index (χ1) is 9.29. The highest BCUT2D eigenvalue weighted by atomic mass is 16.4. The van der Waals surface area contributed by atoms with E-state index in [1.165, 1.54) is 5.56 Å². The standard InChI is InChI=1S/C17H25NO2/c1-11(18-15(16(19)20)13-5-6-13)12-7-9-14(10-8-12)17(2,3)4/h7-11,13,15,18H,5-6H2,1-4H3,(H,19,20). The van der Waals surface area contributed by atoms with Gasteiger partial charge in [-0.25, -0.2) is 0 Å². The van der Waals surface area contributed by atoms with Crippen LogP contribution in [-0.2, 0) is 10.2 Å². The summed E-state index contributed by atoms with van der Waals surface area (Å²) in [4.78, 5) is 11.3. The summed E-state index contributed by atoms with van der Waals surface area (Å²) in [5.74, 6) is -0.422. The second-order valence-corrected chi connectivity index (χ2v) is 6.91. The molecule has 3 nitrogen and oxygen atoms in total. The van der Waals surface area contributed by atoms with E-state index in [2.05, 4.69) is 50.4 Å². The topological polar surface area (TPSA) is 49.3 Å². The molecule has 3 heteroatoms. The summed E-state index contributed by atoms with van der Waals surface area (Å²) in [6, 6.07) is 8.13. The van der Waals surface area contributed by atoms with Crippen LogP contribution in [0.15, 0.2) is 24.3 Å². The molecule has 2 N–H and O–H groups in total. The minimum atomic E-state index is -0.731. The van der Waals surface area contributed by atoms with Crippen molar-refractivity contribution in [3.8, 4) is 0 Å². The monoisotopic (exact) mass is 275 g/mol. The lowest BCUT2D eigenvalue weighted by Gasteiger charge is -2.22. The number of aliphatic carboxylic acids is 1. The number of nitrogens with one attached hydrogen (secondary N) is 1. The summed E-state index contributed by atoms with van der Waals surface area (Å²) in [6.07, 6.45) is 2.05. The molecule has 1 aliphatic rings. The Bertz CT molecular complexity index is 469.